The van der Waals surface area contributed by atoms with Crippen molar-refractivity contribution in [2.75, 3.05) is 32.7 Å². The smallest absolute Gasteiger partial charge is 0.256 e. The second kappa shape index (κ2) is 9.32. The molecule has 1 saturated heterocycles. The summed E-state index contributed by atoms with van der Waals surface area (Å²) >= 11 is 0. The molecule has 2 aromatic carbocycles. The first kappa shape index (κ1) is 20.5. The van der Waals surface area contributed by atoms with Crippen LogP contribution >= 0.6 is 0 Å². The molecule has 1 aliphatic rings. The normalized spacial score (nSPS) is 14.3. The number of carbonyl (C=O) groups excluding carboxylic acids is 3. The van der Waals surface area contributed by atoms with E-state index in [1.54, 1.807) is 34.1 Å². The number of nitrogens with zero attached hydrogens (tertiary/aromatic N) is 2. The molecule has 0 saturated carbocycles. The van der Waals surface area contributed by atoms with Crippen LogP contribution in [0.4, 0.5) is 4.39 Å². The topological polar surface area (TPSA) is 69.7 Å². The molecule has 1 N–H and O–H groups in total. The van der Waals surface area contributed by atoms with Gasteiger partial charge in [0.05, 0.1) is 12.1 Å². The molecule has 0 atom stereocenters. The third-order valence-corrected chi connectivity index (χ3v) is 5.03. The van der Waals surface area contributed by atoms with Gasteiger partial charge in [0, 0.05) is 31.7 Å². The van der Waals surface area contributed by atoms with Crippen molar-refractivity contribution in [1.29, 1.82) is 0 Å². The zero-order valence-electron chi connectivity index (χ0n) is 16.4. The van der Waals surface area contributed by atoms with Gasteiger partial charge < -0.3 is 15.1 Å². The Morgan fingerprint density at radius 1 is 0.897 bits per heavy atom. The standard InChI is InChI=1S/C22H24FN3O3/c1-16-7-2-3-8-17(16)21(28)24-15-20(27)25-11-6-12-26(14-13-25)22(29)18-9-4-5-10-19(18)23/h2-5,7-10H,6,11-15H2,1H3,(H,24,28). The zero-order chi connectivity index (χ0) is 20.8. The molecule has 1 fully saturated rings. The van der Waals surface area contributed by atoms with Gasteiger partial charge in [-0.25, -0.2) is 4.39 Å². The van der Waals surface area contributed by atoms with Crippen LogP contribution in [0.3, 0.4) is 0 Å². The van der Waals surface area contributed by atoms with Gasteiger partial charge in [-0.2, -0.15) is 0 Å². The Labute approximate surface area is 169 Å². The molecule has 3 amide bonds. The molecule has 0 aliphatic carbocycles. The highest BCUT2D eigenvalue weighted by Crippen LogP contribution is 2.13. The molecule has 3 rings (SSSR count). The summed E-state index contributed by atoms with van der Waals surface area (Å²) in [4.78, 5) is 40.6. The third-order valence-electron chi connectivity index (χ3n) is 5.03. The Balaban J connectivity index is 1.54. The van der Waals surface area contributed by atoms with Crippen molar-refractivity contribution >= 4 is 17.7 Å². The summed E-state index contributed by atoms with van der Waals surface area (Å²) in [6.07, 6.45) is 0.595. The molecule has 7 heteroatoms. The lowest BCUT2D eigenvalue weighted by atomic mass is 10.1. The molecule has 0 radical (unpaired) electrons. The van der Waals surface area contributed by atoms with Crippen LogP contribution in [0.2, 0.25) is 0 Å². The van der Waals surface area contributed by atoms with Gasteiger partial charge in [-0.1, -0.05) is 30.3 Å². The zero-order valence-corrected chi connectivity index (χ0v) is 16.4. The van der Waals surface area contributed by atoms with E-state index in [-0.39, 0.29) is 29.8 Å². The monoisotopic (exact) mass is 397 g/mol. The summed E-state index contributed by atoms with van der Waals surface area (Å²) < 4.78 is 13.9. The van der Waals surface area contributed by atoms with Crippen LogP contribution < -0.4 is 5.32 Å². The van der Waals surface area contributed by atoms with Crippen molar-refractivity contribution in [2.45, 2.75) is 13.3 Å². The molecule has 1 aliphatic heterocycles. The summed E-state index contributed by atoms with van der Waals surface area (Å²) in [7, 11) is 0. The Morgan fingerprint density at radius 2 is 1.52 bits per heavy atom. The van der Waals surface area contributed by atoms with Gasteiger partial charge in [-0.05, 0) is 37.1 Å². The number of rotatable bonds is 4. The molecule has 0 spiro atoms. The molecule has 152 valence electrons. The first-order valence-electron chi connectivity index (χ1n) is 9.63. The number of halogens is 1. The number of amides is 3. The van der Waals surface area contributed by atoms with E-state index in [4.69, 9.17) is 0 Å². The molecular formula is C22H24FN3O3. The molecular weight excluding hydrogens is 373 g/mol. The fourth-order valence-electron chi connectivity index (χ4n) is 3.37. The second-order valence-electron chi connectivity index (χ2n) is 7.00. The predicted octanol–water partition coefficient (Wildman–Crippen LogP) is 2.24. The fraction of sp³-hybridized carbons (Fsp3) is 0.318. The molecule has 29 heavy (non-hydrogen) atoms. The van der Waals surface area contributed by atoms with Gasteiger partial charge in [-0.3, -0.25) is 14.4 Å². The molecule has 0 unspecified atom stereocenters. The van der Waals surface area contributed by atoms with Crippen molar-refractivity contribution in [3.63, 3.8) is 0 Å². The summed E-state index contributed by atoms with van der Waals surface area (Å²) in [5, 5.41) is 2.66. The van der Waals surface area contributed by atoms with E-state index in [0.717, 1.165) is 5.56 Å². The van der Waals surface area contributed by atoms with E-state index in [0.29, 0.717) is 38.2 Å². The largest absolute Gasteiger partial charge is 0.343 e. The van der Waals surface area contributed by atoms with Crippen LogP contribution in [0.1, 0.15) is 32.7 Å². The van der Waals surface area contributed by atoms with Crippen molar-refractivity contribution in [3.05, 3.63) is 71.0 Å². The van der Waals surface area contributed by atoms with E-state index >= 15 is 0 Å². The number of hydrogen-bond donors (Lipinski definition) is 1. The SMILES string of the molecule is Cc1ccccc1C(=O)NCC(=O)N1CCCN(C(=O)c2ccccc2F)CC1. The van der Waals surface area contributed by atoms with Crippen molar-refractivity contribution in [3.8, 4) is 0 Å². The summed E-state index contributed by atoms with van der Waals surface area (Å²) in [5.74, 6) is -1.41. The van der Waals surface area contributed by atoms with E-state index in [1.165, 1.54) is 12.1 Å². The summed E-state index contributed by atoms with van der Waals surface area (Å²) in [6.45, 7) is 3.34. The maximum absolute atomic E-state index is 13.9. The second-order valence-corrected chi connectivity index (χ2v) is 7.00. The highest BCUT2D eigenvalue weighted by Gasteiger charge is 2.24. The Kier molecular flexibility index (Phi) is 6.59. The minimum atomic E-state index is -0.548. The molecule has 6 nitrogen and oxygen atoms in total. The van der Waals surface area contributed by atoms with Gasteiger partial charge in [0.2, 0.25) is 5.91 Å². The first-order valence-corrected chi connectivity index (χ1v) is 9.63. The minimum absolute atomic E-state index is 0.0396. The summed E-state index contributed by atoms with van der Waals surface area (Å²) in [5.41, 5.74) is 1.42. The lowest BCUT2D eigenvalue weighted by molar-refractivity contribution is -0.129. The van der Waals surface area contributed by atoms with Crippen LogP contribution in [0.15, 0.2) is 48.5 Å². The molecule has 0 aromatic heterocycles. The average molecular weight is 397 g/mol. The highest BCUT2D eigenvalue weighted by molar-refractivity contribution is 5.97. The van der Waals surface area contributed by atoms with Crippen molar-refractivity contribution in [2.24, 2.45) is 0 Å². The summed E-state index contributed by atoms with van der Waals surface area (Å²) in [6, 6.07) is 13.1. The van der Waals surface area contributed by atoms with Crippen LogP contribution in [-0.4, -0.2) is 60.2 Å². The third kappa shape index (κ3) is 4.99. The number of carbonyl (C=O) groups is 3. The van der Waals surface area contributed by atoms with Gasteiger partial charge in [0.25, 0.3) is 11.8 Å². The quantitative estimate of drug-likeness (QED) is 0.860. The van der Waals surface area contributed by atoms with Crippen LogP contribution in [0.25, 0.3) is 0 Å². The van der Waals surface area contributed by atoms with Crippen molar-refractivity contribution in [1.82, 2.24) is 15.1 Å². The number of benzene rings is 2. The van der Waals surface area contributed by atoms with Crippen LogP contribution in [0, 0.1) is 12.7 Å². The number of hydrogen-bond acceptors (Lipinski definition) is 3. The fourth-order valence-corrected chi connectivity index (χ4v) is 3.37. The first-order chi connectivity index (χ1) is 14.0. The van der Waals surface area contributed by atoms with E-state index < -0.39 is 5.82 Å². The van der Waals surface area contributed by atoms with Gasteiger partial charge in [0.1, 0.15) is 5.82 Å². The molecule has 0 bridgehead atoms. The minimum Gasteiger partial charge on any atom is -0.343 e. The number of aryl methyl sites for hydroxylation is 1. The van der Waals surface area contributed by atoms with E-state index in [1.807, 2.05) is 19.1 Å². The molecule has 1 heterocycles. The Hall–Kier alpha value is -3.22. The Bertz CT molecular complexity index is 916. The van der Waals surface area contributed by atoms with Gasteiger partial charge >= 0.3 is 0 Å². The van der Waals surface area contributed by atoms with Gasteiger partial charge in [-0.15, -0.1) is 0 Å². The predicted molar refractivity (Wildman–Crippen MR) is 107 cm³/mol. The number of nitrogens with one attached hydrogen (secondary N) is 1. The van der Waals surface area contributed by atoms with Gasteiger partial charge in [0.15, 0.2) is 0 Å². The van der Waals surface area contributed by atoms with E-state index in [9.17, 15) is 18.8 Å². The maximum Gasteiger partial charge on any atom is 0.256 e. The van der Waals surface area contributed by atoms with Crippen molar-refractivity contribution < 1.29 is 18.8 Å². The van der Waals surface area contributed by atoms with E-state index in [2.05, 4.69) is 5.32 Å². The van der Waals surface area contributed by atoms with Crippen LogP contribution in [-0.2, 0) is 4.79 Å². The lowest BCUT2D eigenvalue weighted by Crippen LogP contribution is -2.42. The Morgan fingerprint density at radius 3 is 2.24 bits per heavy atom. The maximum atomic E-state index is 13.9. The highest BCUT2D eigenvalue weighted by atomic mass is 19.1. The molecule has 2 aromatic rings. The van der Waals surface area contributed by atoms with Crippen LogP contribution in [0.5, 0.6) is 0 Å². The average Bonchev–Trinajstić information content (AvgIpc) is 2.98. The lowest BCUT2D eigenvalue weighted by Gasteiger charge is -2.22.